The molecule has 0 radical (unpaired) electrons. The topological polar surface area (TPSA) is 84.7 Å². The summed E-state index contributed by atoms with van der Waals surface area (Å²) in [5.41, 5.74) is 7.25. The van der Waals surface area contributed by atoms with Crippen LogP contribution in [0.3, 0.4) is 0 Å². The van der Waals surface area contributed by atoms with Gasteiger partial charge in [-0.15, -0.1) is 0 Å². The van der Waals surface area contributed by atoms with E-state index >= 15 is 0 Å². The minimum Gasteiger partial charge on any atom is -0.462 e. The molecule has 0 heterocycles. The molecule has 0 bridgehead atoms. The number of nitrogen functional groups attached to an aromatic ring is 1. The van der Waals surface area contributed by atoms with E-state index in [9.17, 15) is 9.59 Å². The van der Waals surface area contributed by atoms with Crippen LogP contribution in [0.2, 0.25) is 0 Å². The van der Waals surface area contributed by atoms with Crippen LogP contribution in [0, 0.1) is 0 Å². The molecule has 0 fully saturated rings. The van der Waals surface area contributed by atoms with E-state index in [0.717, 1.165) is 0 Å². The average Bonchev–Trinajstić information content (AvgIpc) is 2.40. The van der Waals surface area contributed by atoms with Gasteiger partial charge in [0, 0.05) is 14.1 Å². The van der Waals surface area contributed by atoms with Gasteiger partial charge in [-0.05, 0) is 32.0 Å². The molecular weight excluding hydrogens is 258 g/mol. The number of ether oxygens (including phenoxy) is 1. The molecule has 1 amide bonds. The van der Waals surface area contributed by atoms with Crippen molar-refractivity contribution in [2.75, 3.05) is 31.8 Å². The van der Waals surface area contributed by atoms with Crippen molar-refractivity contribution in [3.63, 3.8) is 0 Å². The minimum atomic E-state index is -0.440. The molecule has 1 unspecified atom stereocenters. The molecule has 20 heavy (non-hydrogen) atoms. The maximum atomic E-state index is 11.8. The van der Waals surface area contributed by atoms with Crippen molar-refractivity contribution in [2.45, 2.75) is 19.9 Å². The summed E-state index contributed by atoms with van der Waals surface area (Å²) in [7, 11) is 3.36. The van der Waals surface area contributed by atoms with Crippen molar-refractivity contribution in [3.05, 3.63) is 23.8 Å². The monoisotopic (exact) mass is 279 g/mol. The Morgan fingerprint density at radius 1 is 1.40 bits per heavy atom. The Bertz CT molecular complexity index is 500. The first-order chi connectivity index (χ1) is 9.36. The van der Waals surface area contributed by atoms with E-state index in [1.807, 2.05) is 0 Å². The lowest BCUT2D eigenvalue weighted by molar-refractivity contribution is -0.129. The maximum Gasteiger partial charge on any atom is 0.338 e. The third-order valence-corrected chi connectivity index (χ3v) is 2.75. The first-order valence-electron chi connectivity index (χ1n) is 6.41. The summed E-state index contributed by atoms with van der Waals surface area (Å²) >= 11 is 0. The van der Waals surface area contributed by atoms with Gasteiger partial charge in [0.25, 0.3) is 0 Å². The van der Waals surface area contributed by atoms with E-state index in [2.05, 4.69) is 5.32 Å². The summed E-state index contributed by atoms with van der Waals surface area (Å²) in [6, 6.07) is 4.36. The quantitative estimate of drug-likeness (QED) is 0.627. The van der Waals surface area contributed by atoms with Gasteiger partial charge in [-0.3, -0.25) is 4.79 Å². The van der Waals surface area contributed by atoms with Crippen LogP contribution >= 0.6 is 0 Å². The standard InChI is InChI=1S/C14H21N3O3/c1-5-20-14(19)10-6-7-11(15)12(8-10)16-9(2)13(18)17(3)4/h6-9,16H,5,15H2,1-4H3. The van der Waals surface area contributed by atoms with E-state index in [1.54, 1.807) is 46.1 Å². The largest absolute Gasteiger partial charge is 0.462 e. The third kappa shape index (κ3) is 3.88. The number of amides is 1. The van der Waals surface area contributed by atoms with Crippen LogP contribution < -0.4 is 11.1 Å². The van der Waals surface area contributed by atoms with Gasteiger partial charge in [-0.2, -0.15) is 0 Å². The first kappa shape index (κ1) is 15.8. The summed E-state index contributed by atoms with van der Waals surface area (Å²) in [6.07, 6.45) is 0. The molecule has 0 aliphatic heterocycles. The maximum absolute atomic E-state index is 11.8. The SMILES string of the molecule is CCOC(=O)c1ccc(N)c(NC(C)C(=O)N(C)C)c1. The number of anilines is 2. The fourth-order valence-electron chi connectivity index (χ4n) is 1.70. The summed E-state index contributed by atoms with van der Waals surface area (Å²) in [4.78, 5) is 25.0. The van der Waals surface area contributed by atoms with E-state index in [-0.39, 0.29) is 5.91 Å². The van der Waals surface area contributed by atoms with Crippen molar-refractivity contribution in [3.8, 4) is 0 Å². The molecule has 0 aromatic heterocycles. The second-order valence-electron chi connectivity index (χ2n) is 4.62. The molecule has 0 aliphatic carbocycles. The van der Waals surface area contributed by atoms with Crippen molar-refractivity contribution in [2.24, 2.45) is 0 Å². The number of nitrogens with one attached hydrogen (secondary N) is 1. The number of esters is 1. The van der Waals surface area contributed by atoms with Gasteiger partial charge in [-0.25, -0.2) is 4.79 Å². The predicted molar refractivity (Wildman–Crippen MR) is 78.6 cm³/mol. The van der Waals surface area contributed by atoms with Crippen molar-refractivity contribution in [1.82, 2.24) is 4.90 Å². The van der Waals surface area contributed by atoms with Gasteiger partial charge in [0.1, 0.15) is 6.04 Å². The lowest BCUT2D eigenvalue weighted by Crippen LogP contribution is -2.36. The van der Waals surface area contributed by atoms with Gasteiger partial charge in [0.2, 0.25) is 5.91 Å². The number of benzene rings is 1. The van der Waals surface area contributed by atoms with E-state index in [1.165, 1.54) is 4.90 Å². The number of likely N-dealkylation sites (N-methyl/N-ethyl adjacent to an activating group) is 1. The van der Waals surface area contributed by atoms with Gasteiger partial charge in [-0.1, -0.05) is 0 Å². The summed E-state index contributed by atoms with van der Waals surface area (Å²) < 4.78 is 4.93. The second kappa shape index (κ2) is 6.79. The lowest BCUT2D eigenvalue weighted by Gasteiger charge is -2.20. The molecule has 0 spiro atoms. The Hall–Kier alpha value is -2.24. The van der Waals surface area contributed by atoms with Crippen LogP contribution in [0.25, 0.3) is 0 Å². The molecule has 3 N–H and O–H groups in total. The van der Waals surface area contributed by atoms with E-state index in [4.69, 9.17) is 10.5 Å². The van der Waals surface area contributed by atoms with Gasteiger partial charge < -0.3 is 20.7 Å². The number of nitrogens with two attached hydrogens (primary N) is 1. The molecule has 6 nitrogen and oxygen atoms in total. The summed E-state index contributed by atoms with van der Waals surface area (Å²) in [5, 5.41) is 3.00. The zero-order valence-electron chi connectivity index (χ0n) is 12.3. The number of carbonyl (C=O) groups excluding carboxylic acids is 2. The average molecular weight is 279 g/mol. The summed E-state index contributed by atoms with van der Waals surface area (Å²) in [6.45, 7) is 3.78. The Labute approximate surface area is 118 Å². The van der Waals surface area contributed by atoms with Gasteiger partial charge >= 0.3 is 5.97 Å². The lowest BCUT2D eigenvalue weighted by atomic mass is 10.1. The normalized spacial score (nSPS) is 11.6. The van der Waals surface area contributed by atoms with Crippen molar-refractivity contribution >= 4 is 23.3 Å². The smallest absolute Gasteiger partial charge is 0.338 e. The molecular formula is C14H21N3O3. The van der Waals surface area contributed by atoms with Gasteiger partial charge in [0.15, 0.2) is 0 Å². The summed E-state index contributed by atoms with van der Waals surface area (Å²) in [5.74, 6) is -0.493. The molecule has 6 heteroatoms. The van der Waals surface area contributed by atoms with E-state index in [0.29, 0.717) is 23.5 Å². The van der Waals surface area contributed by atoms with Crippen LogP contribution in [0.5, 0.6) is 0 Å². The highest BCUT2D eigenvalue weighted by atomic mass is 16.5. The van der Waals surface area contributed by atoms with Crippen LogP contribution in [-0.4, -0.2) is 43.5 Å². The molecule has 0 aliphatic rings. The van der Waals surface area contributed by atoms with Crippen molar-refractivity contribution in [1.29, 1.82) is 0 Å². The van der Waals surface area contributed by atoms with Gasteiger partial charge in [0.05, 0.1) is 23.5 Å². The molecule has 0 saturated heterocycles. The molecule has 1 rings (SSSR count). The highest BCUT2D eigenvalue weighted by Gasteiger charge is 2.16. The van der Waals surface area contributed by atoms with E-state index < -0.39 is 12.0 Å². The first-order valence-corrected chi connectivity index (χ1v) is 6.41. The van der Waals surface area contributed by atoms with Crippen LogP contribution in [0.1, 0.15) is 24.2 Å². The third-order valence-electron chi connectivity index (χ3n) is 2.75. The van der Waals surface area contributed by atoms with Crippen LogP contribution in [-0.2, 0) is 9.53 Å². The number of nitrogens with zero attached hydrogens (tertiary/aromatic N) is 1. The number of hydrogen-bond acceptors (Lipinski definition) is 5. The molecule has 110 valence electrons. The Morgan fingerprint density at radius 2 is 2.05 bits per heavy atom. The Kier molecular flexibility index (Phi) is 5.37. The second-order valence-corrected chi connectivity index (χ2v) is 4.62. The number of carbonyl (C=O) groups is 2. The fourth-order valence-corrected chi connectivity index (χ4v) is 1.70. The fraction of sp³-hybridized carbons (Fsp3) is 0.429. The molecule has 1 aromatic carbocycles. The molecule has 1 atom stereocenters. The van der Waals surface area contributed by atoms with Crippen LogP contribution in [0.4, 0.5) is 11.4 Å². The zero-order chi connectivity index (χ0) is 15.3. The zero-order valence-corrected chi connectivity index (χ0v) is 12.3. The molecule has 0 saturated carbocycles. The Morgan fingerprint density at radius 3 is 2.60 bits per heavy atom. The molecule has 1 aromatic rings. The minimum absolute atomic E-state index is 0.0778. The number of rotatable bonds is 5. The number of hydrogen-bond donors (Lipinski definition) is 2. The Balaban J connectivity index is 2.92. The highest BCUT2D eigenvalue weighted by Crippen LogP contribution is 2.21. The van der Waals surface area contributed by atoms with Crippen LogP contribution in [0.15, 0.2) is 18.2 Å². The predicted octanol–water partition coefficient (Wildman–Crippen LogP) is 1.33. The van der Waals surface area contributed by atoms with Crippen molar-refractivity contribution < 1.29 is 14.3 Å². The highest BCUT2D eigenvalue weighted by molar-refractivity contribution is 5.93.